The third-order valence-corrected chi connectivity index (χ3v) is 3.44. The Morgan fingerprint density at radius 3 is 2.86 bits per heavy atom. The second kappa shape index (κ2) is 5.97. The van der Waals surface area contributed by atoms with Gasteiger partial charge >= 0.3 is 0 Å². The van der Waals surface area contributed by atoms with E-state index in [0.717, 1.165) is 34.5 Å². The largest absolute Gasteiger partial charge is 0.384 e. The number of halogens is 1. The van der Waals surface area contributed by atoms with E-state index in [1.165, 1.54) is 0 Å². The highest BCUT2D eigenvalue weighted by Gasteiger charge is 2.06. The van der Waals surface area contributed by atoms with Gasteiger partial charge in [0.25, 0.3) is 0 Å². The number of rotatable bonds is 4. The van der Waals surface area contributed by atoms with Crippen molar-refractivity contribution in [3.8, 4) is 0 Å². The fourth-order valence-electron chi connectivity index (χ4n) is 2.20. The number of fused-ring (bicyclic) bond motifs is 1. The molecule has 3 rings (SSSR count). The predicted molar refractivity (Wildman–Crippen MR) is 88.4 cm³/mol. The van der Waals surface area contributed by atoms with Crippen LogP contribution >= 0.6 is 11.6 Å². The first-order valence-electron chi connectivity index (χ1n) is 6.77. The van der Waals surface area contributed by atoms with Gasteiger partial charge in [0.2, 0.25) is 0 Å². The molecule has 2 aromatic heterocycles. The zero-order valence-electron chi connectivity index (χ0n) is 11.6. The topological polar surface area (TPSA) is 49.8 Å². The molecular weight excluding hydrogens is 284 g/mol. The maximum Gasteiger partial charge on any atom is 0.0951 e. The Balaban J connectivity index is 1.98. The van der Waals surface area contributed by atoms with Crippen LogP contribution in [0.15, 0.2) is 48.9 Å². The zero-order chi connectivity index (χ0) is 14.7. The summed E-state index contributed by atoms with van der Waals surface area (Å²) in [6, 6.07) is 9.65. The lowest BCUT2D eigenvalue weighted by atomic mass is 10.2. The molecule has 5 heteroatoms. The van der Waals surface area contributed by atoms with Crippen LogP contribution in [0.1, 0.15) is 6.92 Å². The van der Waals surface area contributed by atoms with Crippen molar-refractivity contribution < 1.29 is 0 Å². The molecule has 4 nitrogen and oxygen atoms in total. The number of benzene rings is 1. The van der Waals surface area contributed by atoms with E-state index in [1.807, 2.05) is 30.3 Å². The average Bonchev–Trinajstić information content (AvgIpc) is 2.51. The van der Waals surface area contributed by atoms with E-state index in [2.05, 4.69) is 27.5 Å². The number of pyridine rings is 2. The molecule has 0 saturated heterocycles. The van der Waals surface area contributed by atoms with Crippen molar-refractivity contribution >= 4 is 39.6 Å². The van der Waals surface area contributed by atoms with E-state index in [0.29, 0.717) is 5.02 Å². The number of aromatic nitrogens is 2. The van der Waals surface area contributed by atoms with Crippen molar-refractivity contribution in [1.29, 1.82) is 0 Å². The molecule has 0 amide bonds. The summed E-state index contributed by atoms with van der Waals surface area (Å²) >= 11 is 6.21. The lowest BCUT2D eigenvalue weighted by Gasteiger charge is -2.11. The molecule has 0 spiro atoms. The number of hydrogen-bond acceptors (Lipinski definition) is 4. The normalized spacial score (nSPS) is 10.6. The molecule has 0 fully saturated rings. The lowest BCUT2D eigenvalue weighted by molar-refractivity contribution is 1.19. The van der Waals surface area contributed by atoms with Gasteiger partial charge < -0.3 is 10.6 Å². The Kier molecular flexibility index (Phi) is 3.88. The molecule has 0 aliphatic heterocycles. The number of hydrogen-bond donors (Lipinski definition) is 2. The van der Waals surface area contributed by atoms with Gasteiger partial charge in [-0.25, -0.2) is 0 Å². The first-order chi connectivity index (χ1) is 10.3. The summed E-state index contributed by atoms with van der Waals surface area (Å²) in [6.07, 6.45) is 5.34. The van der Waals surface area contributed by atoms with E-state index in [9.17, 15) is 0 Å². The number of anilines is 3. The van der Waals surface area contributed by atoms with Crippen LogP contribution in [0.2, 0.25) is 5.02 Å². The van der Waals surface area contributed by atoms with Gasteiger partial charge in [-0.15, -0.1) is 0 Å². The lowest BCUT2D eigenvalue weighted by Crippen LogP contribution is -1.99. The maximum atomic E-state index is 6.21. The molecule has 2 heterocycles. The van der Waals surface area contributed by atoms with Crippen LogP contribution in [0, 0.1) is 0 Å². The molecular formula is C16H15ClN4. The Labute approximate surface area is 128 Å². The fourth-order valence-corrected chi connectivity index (χ4v) is 2.42. The first-order valence-corrected chi connectivity index (χ1v) is 7.15. The molecule has 0 saturated carbocycles. The van der Waals surface area contributed by atoms with Gasteiger partial charge in [0.1, 0.15) is 0 Å². The highest BCUT2D eigenvalue weighted by molar-refractivity contribution is 6.35. The summed E-state index contributed by atoms with van der Waals surface area (Å²) in [5.41, 5.74) is 3.64. The van der Waals surface area contributed by atoms with Crippen LogP contribution in [0.4, 0.5) is 17.1 Å². The minimum Gasteiger partial charge on any atom is -0.384 e. The number of nitrogens with one attached hydrogen (secondary N) is 2. The Morgan fingerprint density at radius 2 is 2.00 bits per heavy atom. The summed E-state index contributed by atoms with van der Waals surface area (Å²) in [5, 5.41) is 8.22. The fraction of sp³-hybridized carbons (Fsp3) is 0.125. The molecule has 0 aliphatic carbocycles. The second-order valence-corrected chi connectivity index (χ2v) is 5.02. The van der Waals surface area contributed by atoms with Crippen LogP contribution in [0.3, 0.4) is 0 Å². The molecule has 1 aromatic carbocycles. The summed E-state index contributed by atoms with van der Waals surface area (Å²) in [5.74, 6) is 0. The van der Waals surface area contributed by atoms with Crippen molar-refractivity contribution in [3.63, 3.8) is 0 Å². The Morgan fingerprint density at radius 1 is 1.14 bits per heavy atom. The Bertz CT molecular complexity index is 773. The summed E-state index contributed by atoms with van der Waals surface area (Å²) in [7, 11) is 0. The second-order valence-electron chi connectivity index (χ2n) is 4.61. The van der Waals surface area contributed by atoms with E-state index in [-0.39, 0.29) is 0 Å². The van der Waals surface area contributed by atoms with Crippen LogP contribution in [0.25, 0.3) is 10.9 Å². The van der Waals surface area contributed by atoms with Gasteiger partial charge in [-0.1, -0.05) is 11.6 Å². The van der Waals surface area contributed by atoms with Gasteiger partial charge in [0, 0.05) is 18.1 Å². The van der Waals surface area contributed by atoms with Crippen molar-refractivity contribution in [2.45, 2.75) is 6.92 Å². The van der Waals surface area contributed by atoms with Gasteiger partial charge in [-0.3, -0.25) is 9.97 Å². The van der Waals surface area contributed by atoms with Crippen molar-refractivity contribution in [1.82, 2.24) is 9.97 Å². The number of nitrogens with zero attached hydrogens (tertiary/aromatic N) is 2. The van der Waals surface area contributed by atoms with Crippen LogP contribution in [-0.2, 0) is 0 Å². The van der Waals surface area contributed by atoms with Gasteiger partial charge in [-0.2, -0.15) is 0 Å². The van der Waals surface area contributed by atoms with Gasteiger partial charge in [-0.05, 0) is 37.3 Å². The smallest absolute Gasteiger partial charge is 0.0951 e. The molecule has 106 valence electrons. The SMILES string of the molecule is CCNc1cncc(Nc2ccc(Cl)c3cccnc23)c1. The third kappa shape index (κ3) is 2.90. The summed E-state index contributed by atoms with van der Waals surface area (Å²) < 4.78 is 0. The molecule has 0 unspecified atom stereocenters. The molecule has 0 radical (unpaired) electrons. The van der Waals surface area contributed by atoms with E-state index in [1.54, 1.807) is 18.6 Å². The molecule has 0 bridgehead atoms. The zero-order valence-corrected chi connectivity index (χ0v) is 12.4. The average molecular weight is 299 g/mol. The third-order valence-electron chi connectivity index (χ3n) is 3.11. The van der Waals surface area contributed by atoms with E-state index < -0.39 is 0 Å². The van der Waals surface area contributed by atoms with Gasteiger partial charge in [0.15, 0.2) is 0 Å². The monoisotopic (exact) mass is 298 g/mol. The first kappa shape index (κ1) is 13.6. The van der Waals surface area contributed by atoms with Crippen LogP contribution < -0.4 is 10.6 Å². The summed E-state index contributed by atoms with van der Waals surface area (Å²) in [4.78, 5) is 8.64. The predicted octanol–water partition coefficient (Wildman–Crippen LogP) is 4.46. The molecule has 0 atom stereocenters. The Hall–Kier alpha value is -2.33. The standard InChI is InChI=1S/C16H15ClN4/c1-2-19-11-8-12(10-18-9-11)21-15-6-5-14(17)13-4-3-7-20-16(13)15/h3-10,19,21H,2H2,1H3. The van der Waals surface area contributed by atoms with E-state index >= 15 is 0 Å². The highest BCUT2D eigenvalue weighted by atomic mass is 35.5. The minimum absolute atomic E-state index is 0.697. The minimum atomic E-state index is 0.697. The molecule has 3 aromatic rings. The van der Waals surface area contributed by atoms with Crippen molar-refractivity contribution in [2.75, 3.05) is 17.2 Å². The van der Waals surface area contributed by atoms with Crippen molar-refractivity contribution in [3.05, 3.63) is 53.9 Å². The summed E-state index contributed by atoms with van der Waals surface area (Å²) in [6.45, 7) is 2.91. The van der Waals surface area contributed by atoms with Crippen LogP contribution in [0.5, 0.6) is 0 Å². The van der Waals surface area contributed by atoms with Crippen molar-refractivity contribution in [2.24, 2.45) is 0 Å². The quantitative estimate of drug-likeness (QED) is 0.746. The maximum absolute atomic E-state index is 6.21. The molecule has 0 aliphatic rings. The highest BCUT2D eigenvalue weighted by Crippen LogP contribution is 2.30. The van der Waals surface area contributed by atoms with Gasteiger partial charge in [0.05, 0.1) is 40.0 Å². The molecule has 2 N–H and O–H groups in total. The molecule has 21 heavy (non-hydrogen) atoms. The van der Waals surface area contributed by atoms with Crippen LogP contribution in [-0.4, -0.2) is 16.5 Å². The van der Waals surface area contributed by atoms with E-state index in [4.69, 9.17) is 11.6 Å².